The van der Waals surface area contributed by atoms with Crippen molar-refractivity contribution in [2.75, 3.05) is 44.7 Å². The van der Waals surface area contributed by atoms with Gasteiger partial charge in [-0.2, -0.15) is 26.3 Å². The molecule has 5 nitrogen and oxygen atoms in total. The highest BCUT2D eigenvalue weighted by molar-refractivity contribution is 6.09. The normalized spacial score (nSPS) is 12.7. The number of rotatable bonds is 24. The lowest BCUT2D eigenvalue weighted by Gasteiger charge is -2.25. The van der Waals surface area contributed by atoms with Crippen molar-refractivity contribution in [3.63, 3.8) is 0 Å². The van der Waals surface area contributed by atoms with Crippen molar-refractivity contribution in [1.82, 2.24) is 9.48 Å². The molecule has 4 rings (SSSR count). The first-order chi connectivity index (χ1) is 27.8. The Labute approximate surface area is 341 Å². The number of unbranched alkanes of at least 4 members (excludes halogenated alkanes) is 15. The summed E-state index contributed by atoms with van der Waals surface area (Å²) in [6.45, 7) is 3.94. The van der Waals surface area contributed by atoms with Gasteiger partial charge in [-0.3, -0.25) is 4.79 Å². The van der Waals surface area contributed by atoms with Crippen molar-refractivity contribution >= 4 is 22.6 Å². The van der Waals surface area contributed by atoms with Gasteiger partial charge in [0.2, 0.25) is 11.9 Å². The van der Waals surface area contributed by atoms with Crippen LogP contribution >= 0.6 is 0 Å². The van der Waals surface area contributed by atoms with Crippen molar-refractivity contribution < 1.29 is 35.6 Å². The fraction of sp³-hybridized carbons (Fsp3) is 0.574. The van der Waals surface area contributed by atoms with Crippen molar-refractivity contribution in [2.45, 2.75) is 136 Å². The van der Waals surface area contributed by atoms with Gasteiger partial charge in [0.05, 0.1) is 6.07 Å². The molecule has 0 spiro atoms. The number of benzene rings is 3. The fourth-order valence-corrected chi connectivity index (χ4v) is 7.85. The molecule has 0 fully saturated rings. The van der Waals surface area contributed by atoms with Crippen LogP contribution < -0.4 is 14.8 Å². The van der Waals surface area contributed by atoms with Crippen LogP contribution in [0, 0.1) is 0 Å². The highest BCUT2D eigenvalue weighted by Gasteiger charge is 2.34. The van der Waals surface area contributed by atoms with Crippen LogP contribution in [0.5, 0.6) is 0 Å². The summed E-state index contributed by atoms with van der Waals surface area (Å²) in [5.74, 6) is 0.0805. The topological polar surface area (TPSA) is 39.7 Å². The molecule has 1 aliphatic carbocycles. The fourth-order valence-electron chi connectivity index (χ4n) is 7.85. The zero-order valence-corrected chi connectivity index (χ0v) is 35.0. The van der Waals surface area contributed by atoms with E-state index in [-0.39, 0.29) is 41.4 Å². The lowest BCUT2D eigenvalue weighted by molar-refractivity contribution is -0.128. The molecule has 0 saturated carbocycles. The Hall–Kier alpha value is -4.02. The molecule has 320 valence electrons. The summed E-state index contributed by atoms with van der Waals surface area (Å²) in [6, 6.07) is 16.9. The third-order valence-electron chi connectivity index (χ3n) is 11.0. The molecule has 58 heavy (non-hydrogen) atoms. The molecule has 1 amide bonds. The van der Waals surface area contributed by atoms with Crippen LogP contribution in [0.1, 0.15) is 134 Å². The Kier molecular flexibility index (Phi) is 18.5. The van der Waals surface area contributed by atoms with Gasteiger partial charge in [-0.05, 0) is 50.1 Å². The first-order valence-electron chi connectivity index (χ1n) is 21.6. The maximum absolute atomic E-state index is 14.1. The zero-order valence-electron chi connectivity index (χ0n) is 35.0. The monoisotopic (exact) mass is 816 g/mol. The van der Waals surface area contributed by atoms with Gasteiger partial charge in [0.1, 0.15) is 24.4 Å². The largest absolute Gasteiger partial charge is 0.456 e. The molecule has 0 saturated heterocycles. The molecule has 1 heterocycles. The molecular formula is C47H64F6N3O2+. The number of carbonyl (C=O) groups is 1. The smallest absolute Gasteiger partial charge is 0.448 e. The summed E-state index contributed by atoms with van der Waals surface area (Å²) in [7, 11) is 1.79. The molecular weight excluding hydrogens is 753 g/mol. The van der Waals surface area contributed by atoms with E-state index in [1.807, 2.05) is 12.1 Å². The van der Waals surface area contributed by atoms with Crippen LogP contribution in [0.3, 0.4) is 0 Å². The summed E-state index contributed by atoms with van der Waals surface area (Å²) >= 11 is 0. The van der Waals surface area contributed by atoms with E-state index < -0.39 is 25.4 Å². The van der Waals surface area contributed by atoms with Gasteiger partial charge in [-0.15, -0.1) is 0 Å². The first kappa shape index (κ1) is 46.7. The molecule has 2 aromatic rings. The maximum Gasteiger partial charge on any atom is 0.448 e. The Morgan fingerprint density at radius 3 is 1.81 bits per heavy atom. The van der Waals surface area contributed by atoms with Crippen LogP contribution in [0.4, 0.5) is 32.0 Å². The van der Waals surface area contributed by atoms with Gasteiger partial charge in [-0.25, -0.2) is 4.58 Å². The Balaban J connectivity index is 1.51. The van der Waals surface area contributed by atoms with Crippen molar-refractivity contribution in [3.8, 4) is 22.5 Å². The summed E-state index contributed by atoms with van der Waals surface area (Å²) in [6.07, 6.45) is 11.4. The summed E-state index contributed by atoms with van der Waals surface area (Å²) in [5, 5.41) is 0.850. The van der Waals surface area contributed by atoms with Gasteiger partial charge in [-0.1, -0.05) is 121 Å². The summed E-state index contributed by atoms with van der Waals surface area (Å²) in [4.78, 5) is 17.0. The molecule has 0 unspecified atom stereocenters. The number of hydrogen-bond donors (Lipinski definition) is 0. The third kappa shape index (κ3) is 14.4. The number of carbonyl (C=O) groups excluding carboxylic acids is 1. The van der Waals surface area contributed by atoms with Gasteiger partial charge < -0.3 is 14.2 Å². The van der Waals surface area contributed by atoms with E-state index in [0.717, 1.165) is 19.3 Å². The van der Waals surface area contributed by atoms with Crippen molar-refractivity contribution in [1.29, 1.82) is 0 Å². The van der Waals surface area contributed by atoms with Crippen LogP contribution in [-0.2, 0) is 0 Å². The Morgan fingerprint density at radius 1 is 0.672 bits per heavy atom. The van der Waals surface area contributed by atoms with E-state index in [4.69, 9.17) is 4.42 Å². The Morgan fingerprint density at radius 2 is 1.26 bits per heavy atom. The number of nitrogens with zero attached hydrogens (tertiary/aromatic N) is 3. The number of hydrogen-bond acceptors (Lipinski definition) is 3. The van der Waals surface area contributed by atoms with Crippen molar-refractivity contribution in [3.05, 3.63) is 71.6 Å². The molecule has 0 atom stereocenters. The summed E-state index contributed by atoms with van der Waals surface area (Å²) in [5.41, 5.74) is 2.77. The molecule has 0 radical (unpaired) electrons. The van der Waals surface area contributed by atoms with Crippen LogP contribution in [0.2, 0.25) is 0 Å². The number of fused-ring (bicyclic) bond motifs is 2. The molecule has 0 bridgehead atoms. The number of halogens is 6. The number of anilines is 1. The molecule has 0 N–H and O–H groups in total. The maximum atomic E-state index is 14.1. The second kappa shape index (κ2) is 22.9. The standard InChI is InChI=1S/C47H64F6N3O2/c1-5-8-9-10-11-12-13-14-15-16-17-18-19-20-21-24-31-54(4)45(57)39-26-23-22-25-38(39)44-40-29-27-36(55(6-2)34-46(48,49)50)32-42(40)58-43-33-37(28-30-41(43)44)56(7-3)35-47(51,52)53/h22-23,25-30,32-33H,5-21,24,31,34-35H2,1-4H3/q+1. The molecule has 1 aliphatic heterocycles. The predicted molar refractivity (Wildman–Crippen MR) is 225 cm³/mol. The van der Waals surface area contributed by atoms with E-state index in [1.165, 1.54) is 105 Å². The second-order valence-corrected chi connectivity index (χ2v) is 15.7. The number of alkyl halides is 6. The van der Waals surface area contributed by atoms with Crippen LogP contribution in [0.25, 0.3) is 33.4 Å². The minimum absolute atomic E-state index is 0.0849. The quantitative estimate of drug-likeness (QED) is 0.0306. The average molecular weight is 817 g/mol. The molecule has 2 aromatic carbocycles. The minimum Gasteiger partial charge on any atom is -0.456 e. The molecule has 11 heteroatoms. The molecule has 0 aromatic heterocycles. The van der Waals surface area contributed by atoms with E-state index in [1.54, 1.807) is 62.2 Å². The van der Waals surface area contributed by atoms with Gasteiger partial charge in [0.25, 0.3) is 5.91 Å². The number of amides is 1. The van der Waals surface area contributed by atoms with Gasteiger partial charge >= 0.3 is 12.4 Å². The van der Waals surface area contributed by atoms with Crippen LogP contribution in [-0.4, -0.2) is 62.9 Å². The highest BCUT2D eigenvalue weighted by Crippen LogP contribution is 2.42. The SMILES string of the molecule is CCCCCCCCCCCCCCCCCCN(C)C(=O)c1ccccc1-c1c2ccc(=[N+](CC)CC(F)(F)F)cc-2oc2cc(N(CC)CC(F)(F)F)ccc12. The average Bonchev–Trinajstić information content (AvgIpc) is 3.19. The van der Waals surface area contributed by atoms with E-state index in [9.17, 15) is 31.1 Å². The van der Waals surface area contributed by atoms with Gasteiger partial charge in [0, 0.05) is 60.0 Å². The van der Waals surface area contributed by atoms with Crippen molar-refractivity contribution in [2.24, 2.45) is 0 Å². The predicted octanol–water partition coefficient (Wildman–Crippen LogP) is 13.3. The first-order valence-corrected chi connectivity index (χ1v) is 21.6. The van der Waals surface area contributed by atoms with Crippen LogP contribution in [0.15, 0.2) is 65.1 Å². The second-order valence-electron chi connectivity index (χ2n) is 15.7. The van der Waals surface area contributed by atoms with Gasteiger partial charge in [0.15, 0.2) is 0 Å². The lowest BCUT2D eigenvalue weighted by atomic mass is 9.90. The summed E-state index contributed by atoms with van der Waals surface area (Å²) < 4.78 is 88.5. The molecule has 2 aliphatic rings. The highest BCUT2D eigenvalue weighted by atomic mass is 19.4. The lowest BCUT2D eigenvalue weighted by Crippen LogP contribution is -2.37. The van der Waals surface area contributed by atoms with E-state index in [0.29, 0.717) is 34.2 Å². The van der Waals surface area contributed by atoms with E-state index >= 15 is 0 Å². The van der Waals surface area contributed by atoms with E-state index in [2.05, 4.69) is 6.92 Å². The third-order valence-corrected chi connectivity index (χ3v) is 11.0. The Bertz CT molecular complexity index is 1900. The zero-order chi connectivity index (χ0) is 42.1. The minimum atomic E-state index is -4.44.